The number of rotatable bonds is 3. The van der Waals surface area contributed by atoms with E-state index in [-0.39, 0.29) is 18.6 Å². The minimum Gasteiger partial charge on any atom is -0.341 e. The van der Waals surface area contributed by atoms with E-state index in [1.807, 2.05) is 5.48 Å². The van der Waals surface area contributed by atoms with Crippen molar-refractivity contribution in [1.82, 2.24) is 5.48 Å². The Kier molecular flexibility index (Phi) is 4.67. The van der Waals surface area contributed by atoms with Crippen molar-refractivity contribution in [3.63, 3.8) is 0 Å². The highest BCUT2D eigenvalue weighted by Crippen LogP contribution is 1.89. The average molecular weight is 173 g/mol. The van der Waals surface area contributed by atoms with Crippen molar-refractivity contribution in [2.24, 2.45) is 0 Å². The average Bonchev–Trinajstić information content (AvgIpc) is 1.96. The van der Waals surface area contributed by atoms with Gasteiger partial charge in [0, 0.05) is 19.8 Å². The lowest BCUT2D eigenvalue weighted by Gasteiger charge is -2.01. The summed E-state index contributed by atoms with van der Waals surface area (Å²) >= 11 is 0. The van der Waals surface area contributed by atoms with Gasteiger partial charge in [0.1, 0.15) is 5.78 Å². The zero-order valence-electron chi connectivity index (χ0n) is 7.05. The molecule has 1 amide bonds. The zero-order chi connectivity index (χ0) is 9.56. The molecule has 0 aromatic rings. The van der Waals surface area contributed by atoms with E-state index in [1.54, 1.807) is 0 Å². The van der Waals surface area contributed by atoms with Gasteiger partial charge in [-0.25, -0.2) is 0 Å². The number of nitrogens with one attached hydrogen (secondary N) is 1. The van der Waals surface area contributed by atoms with Gasteiger partial charge in [-0.15, -0.1) is 0 Å². The summed E-state index contributed by atoms with van der Waals surface area (Å²) in [7, 11) is 0. The first-order valence-electron chi connectivity index (χ1n) is 3.48. The van der Waals surface area contributed by atoms with Crippen LogP contribution >= 0.6 is 0 Å². The van der Waals surface area contributed by atoms with Crippen LogP contribution in [0, 0.1) is 0 Å². The molecule has 0 aromatic heterocycles. The third-order valence-electron chi connectivity index (χ3n) is 1.01. The van der Waals surface area contributed by atoms with Crippen LogP contribution in [0.1, 0.15) is 26.7 Å². The van der Waals surface area contributed by atoms with Crippen molar-refractivity contribution in [3.05, 3.63) is 0 Å². The third kappa shape index (κ3) is 6.73. The van der Waals surface area contributed by atoms with Gasteiger partial charge in [0.05, 0.1) is 0 Å². The molecule has 0 aliphatic carbocycles. The van der Waals surface area contributed by atoms with Gasteiger partial charge in [0.2, 0.25) is 0 Å². The maximum atomic E-state index is 10.7. The van der Waals surface area contributed by atoms with Crippen molar-refractivity contribution in [2.75, 3.05) is 0 Å². The first-order valence-corrected chi connectivity index (χ1v) is 3.48. The fraction of sp³-hybridized carbons (Fsp3) is 0.571. The van der Waals surface area contributed by atoms with Crippen LogP contribution in [0.15, 0.2) is 0 Å². The van der Waals surface area contributed by atoms with Gasteiger partial charge in [-0.2, -0.15) is 5.48 Å². The molecule has 0 spiro atoms. The van der Waals surface area contributed by atoms with Gasteiger partial charge < -0.3 is 9.63 Å². The van der Waals surface area contributed by atoms with Crippen LogP contribution in [0.25, 0.3) is 0 Å². The minimum atomic E-state index is -0.592. The number of hydrogen-bond donors (Lipinski definition) is 1. The molecule has 0 fully saturated rings. The molecule has 0 atom stereocenters. The first kappa shape index (κ1) is 10.6. The van der Waals surface area contributed by atoms with E-state index in [9.17, 15) is 14.4 Å². The molecule has 0 aliphatic heterocycles. The number of amides is 1. The summed E-state index contributed by atoms with van der Waals surface area (Å²) in [4.78, 5) is 35.5. The Morgan fingerprint density at radius 2 is 1.75 bits per heavy atom. The fourth-order valence-corrected chi connectivity index (χ4v) is 0.469. The Morgan fingerprint density at radius 3 is 2.17 bits per heavy atom. The van der Waals surface area contributed by atoms with Crippen LogP contribution in [0.5, 0.6) is 0 Å². The smallest absolute Gasteiger partial charge is 0.329 e. The molecule has 0 bridgehead atoms. The molecule has 0 saturated heterocycles. The van der Waals surface area contributed by atoms with E-state index in [0.29, 0.717) is 0 Å². The van der Waals surface area contributed by atoms with Gasteiger partial charge in [0.25, 0.3) is 5.91 Å². The summed E-state index contributed by atoms with van der Waals surface area (Å²) in [6.45, 7) is 2.56. The van der Waals surface area contributed by atoms with Crippen LogP contribution < -0.4 is 5.48 Å². The second kappa shape index (κ2) is 5.29. The summed E-state index contributed by atoms with van der Waals surface area (Å²) < 4.78 is 0. The lowest BCUT2D eigenvalue weighted by molar-refractivity contribution is -0.156. The minimum absolute atomic E-state index is 0.0443. The van der Waals surface area contributed by atoms with E-state index in [2.05, 4.69) is 4.84 Å². The third-order valence-corrected chi connectivity index (χ3v) is 1.01. The molecular formula is C7H11NO4. The molecule has 0 heterocycles. The standard InChI is InChI=1S/C7H11NO4/c1-5(9)3-4-7(11)8-12-6(2)10/h3-4H2,1-2H3,(H,8,11). The molecule has 1 N–H and O–H groups in total. The van der Waals surface area contributed by atoms with Gasteiger partial charge in [-0.3, -0.25) is 9.59 Å². The van der Waals surface area contributed by atoms with Crippen molar-refractivity contribution in [1.29, 1.82) is 0 Å². The second-order valence-electron chi connectivity index (χ2n) is 2.32. The quantitative estimate of drug-likeness (QED) is 0.607. The second-order valence-corrected chi connectivity index (χ2v) is 2.32. The van der Waals surface area contributed by atoms with E-state index in [0.717, 1.165) is 0 Å². The van der Waals surface area contributed by atoms with Crippen molar-refractivity contribution < 1.29 is 19.2 Å². The largest absolute Gasteiger partial charge is 0.341 e. The van der Waals surface area contributed by atoms with Gasteiger partial charge in [0.15, 0.2) is 0 Å². The molecular weight excluding hydrogens is 162 g/mol. The highest BCUT2D eigenvalue weighted by Gasteiger charge is 2.03. The zero-order valence-corrected chi connectivity index (χ0v) is 7.05. The van der Waals surface area contributed by atoms with E-state index < -0.39 is 11.9 Å². The van der Waals surface area contributed by atoms with E-state index >= 15 is 0 Å². The number of carbonyl (C=O) groups is 3. The normalized spacial score (nSPS) is 8.83. The molecule has 0 rings (SSSR count). The number of carbonyl (C=O) groups excluding carboxylic acids is 3. The predicted octanol–water partition coefficient (Wildman–Crippen LogP) is -0.0501. The number of hydrogen-bond acceptors (Lipinski definition) is 4. The highest BCUT2D eigenvalue weighted by molar-refractivity contribution is 5.83. The lowest BCUT2D eigenvalue weighted by atomic mass is 10.2. The van der Waals surface area contributed by atoms with Crippen LogP contribution in [-0.2, 0) is 19.2 Å². The Balaban J connectivity index is 3.47. The maximum Gasteiger partial charge on any atom is 0.329 e. The van der Waals surface area contributed by atoms with Gasteiger partial charge in [-0.05, 0) is 6.92 Å². The predicted molar refractivity (Wildman–Crippen MR) is 39.8 cm³/mol. The first-order chi connectivity index (χ1) is 5.52. The molecule has 5 heteroatoms. The molecule has 0 aromatic carbocycles. The van der Waals surface area contributed by atoms with Crippen LogP contribution in [0.4, 0.5) is 0 Å². The summed E-state index contributed by atoms with van der Waals surface area (Å²) in [5, 5.41) is 0. The van der Waals surface area contributed by atoms with Crippen LogP contribution in [0.2, 0.25) is 0 Å². The monoisotopic (exact) mass is 173 g/mol. The van der Waals surface area contributed by atoms with E-state index in [4.69, 9.17) is 0 Å². The van der Waals surface area contributed by atoms with Crippen molar-refractivity contribution in [3.8, 4) is 0 Å². The maximum absolute atomic E-state index is 10.7. The molecule has 12 heavy (non-hydrogen) atoms. The summed E-state index contributed by atoms with van der Waals surface area (Å²) in [6, 6.07) is 0. The van der Waals surface area contributed by atoms with E-state index in [1.165, 1.54) is 13.8 Å². The Labute approximate surface area is 70.0 Å². The molecule has 0 aliphatic rings. The van der Waals surface area contributed by atoms with Crippen LogP contribution in [-0.4, -0.2) is 17.7 Å². The van der Waals surface area contributed by atoms with Crippen molar-refractivity contribution >= 4 is 17.7 Å². The highest BCUT2D eigenvalue weighted by atomic mass is 16.7. The number of Topliss-reactive ketones (excluding diaryl/α,β-unsaturated/α-hetero) is 1. The summed E-state index contributed by atoms with van der Waals surface area (Å²) in [6.07, 6.45) is 0.204. The Morgan fingerprint density at radius 1 is 1.17 bits per heavy atom. The molecule has 0 unspecified atom stereocenters. The molecule has 0 saturated carbocycles. The van der Waals surface area contributed by atoms with Crippen molar-refractivity contribution in [2.45, 2.75) is 26.7 Å². The Hall–Kier alpha value is -1.39. The van der Waals surface area contributed by atoms with Gasteiger partial charge >= 0.3 is 5.97 Å². The molecule has 0 radical (unpaired) electrons. The molecule has 5 nitrogen and oxygen atoms in total. The lowest BCUT2D eigenvalue weighted by Crippen LogP contribution is -2.25. The summed E-state index contributed by atoms with van der Waals surface area (Å²) in [5.41, 5.74) is 1.90. The van der Waals surface area contributed by atoms with Crippen LogP contribution in [0.3, 0.4) is 0 Å². The fourth-order valence-electron chi connectivity index (χ4n) is 0.469. The SMILES string of the molecule is CC(=O)CCC(=O)NOC(C)=O. The summed E-state index contributed by atoms with van der Waals surface area (Å²) in [5.74, 6) is -1.14. The topological polar surface area (TPSA) is 72.5 Å². The number of ketones is 1. The number of hydroxylamine groups is 1. The molecule has 68 valence electrons. The van der Waals surface area contributed by atoms with Gasteiger partial charge in [-0.1, -0.05) is 0 Å². The Bertz CT molecular complexity index is 180.